The van der Waals surface area contributed by atoms with Crippen molar-refractivity contribution in [3.05, 3.63) is 88.7 Å². The number of hydrogen-bond donors (Lipinski definition) is 2. The highest BCUT2D eigenvalue weighted by atomic mass is 79.9. The van der Waals surface area contributed by atoms with Crippen LogP contribution in [0.4, 0.5) is 11.5 Å². The predicted molar refractivity (Wildman–Crippen MR) is 162 cm³/mol. The smallest absolute Gasteiger partial charge is 0.258 e. The standard InChI is InChI=1S/C31H33BrN6O2/c1-4-29(39)35-23-10-7-9-22(17-23)31(40)37(20(2)3)16-8-15-33-28-18-27(36-30-26(32)19-34-38(28)30)25-12-6-5-11-24(25)21-13-14-21/h5-7,9-12,17-19,21,33H,2,4,8,13-16H2,1,3H3,(H,35,39). The van der Waals surface area contributed by atoms with Crippen LogP contribution in [0.15, 0.2) is 77.5 Å². The topological polar surface area (TPSA) is 91.6 Å². The third-order valence-electron chi connectivity index (χ3n) is 6.97. The van der Waals surface area contributed by atoms with Crippen molar-refractivity contribution >= 4 is 44.9 Å². The Balaban J connectivity index is 1.30. The van der Waals surface area contributed by atoms with E-state index in [1.807, 2.05) is 13.0 Å². The van der Waals surface area contributed by atoms with Crippen LogP contribution in [0.2, 0.25) is 0 Å². The molecule has 0 saturated heterocycles. The molecule has 9 heteroatoms. The summed E-state index contributed by atoms with van der Waals surface area (Å²) in [4.78, 5) is 31.7. The summed E-state index contributed by atoms with van der Waals surface area (Å²) in [5, 5.41) is 10.8. The second-order valence-electron chi connectivity index (χ2n) is 10.1. The Kier molecular flexibility index (Phi) is 8.30. The second kappa shape index (κ2) is 12.0. The highest BCUT2D eigenvalue weighted by Gasteiger charge is 2.27. The molecular weight excluding hydrogens is 568 g/mol. The molecule has 2 N–H and O–H groups in total. The second-order valence-corrected chi connectivity index (χ2v) is 10.9. The maximum Gasteiger partial charge on any atom is 0.258 e. The van der Waals surface area contributed by atoms with Gasteiger partial charge in [-0.05, 0) is 71.8 Å². The number of carbonyl (C=O) groups is 2. The molecule has 2 aromatic carbocycles. The van der Waals surface area contributed by atoms with Crippen molar-refractivity contribution in [1.82, 2.24) is 19.5 Å². The number of fused-ring (bicyclic) bond motifs is 1. The first-order valence-corrected chi connectivity index (χ1v) is 14.4. The molecule has 40 heavy (non-hydrogen) atoms. The molecule has 0 radical (unpaired) electrons. The number of allylic oxidation sites excluding steroid dienone is 1. The van der Waals surface area contributed by atoms with Gasteiger partial charge in [-0.2, -0.15) is 9.61 Å². The van der Waals surface area contributed by atoms with Crippen LogP contribution >= 0.6 is 15.9 Å². The summed E-state index contributed by atoms with van der Waals surface area (Å²) in [5.41, 5.74) is 5.92. The Bertz CT molecular complexity index is 1580. The van der Waals surface area contributed by atoms with Gasteiger partial charge in [0.05, 0.1) is 16.4 Å². The van der Waals surface area contributed by atoms with Crippen molar-refractivity contribution in [3.63, 3.8) is 0 Å². The van der Waals surface area contributed by atoms with Gasteiger partial charge in [0.25, 0.3) is 5.91 Å². The molecule has 4 aromatic rings. The molecule has 2 amide bonds. The van der Waals surface area contributed by atoms with E-state index in [9.17, 15) is 9.59 Å². The zero-order valence-corrected chi connectivity index (χ0v) is 24.4. The van der Waals surface area contributed by atoms with E-state index in [0.29, 0.717) is 48.8 Å². The Morgan fingerprint density at radius 1 is 1.15 bits per heavy atom. The van der Waals surface area contributed by atoms with Gasteiger partial charge in [0.15, 0.2) is 5.65 Å². The molecule has 1 aliphatic carbocycles. The molecule has 8 nitrogen and oxygen atoms in total. The first kappa shape index (κ1) is 27.6. The fourth-order valence-electron chi connectivity index (χ4n) is 4.74. The lowest BCUT2D eigenvalue weighted by molar-refractivity contribution is -0.115. The van der Waals surface area contributed by atoms with Crippen molar-refractivity contribution < 1.29 is 9.59 Å². The molecule has 206 valence electrons. The number of halogens is 1. The maximum absolute atomic E-state index is 13.3. The van der Waals surface area contributed by atoms with Gasteiger partial charge < -0.3 is 15.5 Å². The average molecular weight is 602 g/mol. The Hall–Kier alpha value is -3.98. The van der Waals surface area contributed by atoms with Crippen molar-refractivity contribution in [1.29, 1.82) is 0 Å². The van der Waals surface area contributed by atoms with Gasteiger partial charge in [0.2, 0.25) is 5.91 Å². The predicted octanol–water partition coefficient (Wildman–Crippen LogP) is 6.86. The van der Waals surface area contributed by atoms with Gasteiger partial charge in [-0.1, -0.05) is 43.8 Å². The van der Waals surface area contributed by atoms with Crippen LogP contribution in [-0.4, -0.2) is 44.4 Å². The quantitative estimate of drug-likeness (QED) is 0.183. The summed E-state index contributed by atoms with van der Waals surface area (Å²) in [6.07, 6.45) is 5.25. The van der Waals surface area contributed by atoms with Crippen LogP contribution in [0, 0.1) is 0 Å². The van der Waals surface area contributed by atoms with Crippen molar-refractivity contribution in [2.24, 2.45) is 0 Å². The number of nitrogens with one attached hydrogen (secondary N) is 2. The average Bonchev–Trinajstić information content (AvgIpc) is 3.74. The molecule has 2 aromatic heterocycles. The minimum absolute atomic E-state index is 0.0963. The van der Waals surface area contributed by atoms with Crippen LogP contribution in [-0.2, 0) is 4.79 Å². The monoisotopic (exact) mass is 600 g/mol. The van der Waals surface area contributed by atoms with Crippen molar-refractivity contribution in [3.8, 4) is 11.3 Å². The van der Waals surface area contributed by atoms with Gasteiger partial charge in [-0.25, -0.2) is 4.98 Å². The number of carbonyl (C=O) groups excluding carboxylic acids is 2. The lowest BCUT2D eigenvalue weighted by Gasteiger charge is -2.23. The highest BCUT2D eigenvalue weighted by Crippen LogP contribution is 2.44. The normalized spacial score (nSPS) is 12.8. The first-order chi connectivity index (χ1) is 19.4. The number of benzene rings is 2. The maximum atomic E-state index is 13.3. The lowest BCUT2D eigenvalue weighted by atomic mass is 10.0. The Labute approximate surface area is 242 Å². The van der Waals surface area contributed by atoms with E-state index < -0.39 is 0 Å². The van der Waals surface area contributed by atoms with E-state index in [2.05, 4.69) is 62.5 Å². The zero-order valence-electron chi connectivity index (χ0n) is 22.8. The van der Waals surface area contributed by atoms with Crippen LogP contribution in [0.3, 0.4) is 0 Å². The van der Waals surface area contributed by atoms with Gasteiger partial charge >= 0.3 is 0 Å². The SMILES string of the molecule is C=C(C)N(CCCNc1cc(-c2ccccc2C2CC2)nc2c(Br)cnn12)C(=O)c1cccc(NC(=O)CC)c1. The molecule has 1 fully saturated rings. The summed E-state index contributed by atoms with van der Waals surface area (Å²) in [6, 6.07) is 17.5. The zero-order chi connectivity index (χ0) is 28.2. The summed E-state index contributed by atoms with van der Waals surface area (Å²) < 4.78 is 2.63. The fourth-order valence-corrected chi connectivity index (χ4v) is 5.08. The summed E-state index contributed by atoms with van der Waals surface area (Å²) in [6.45, 7) is 8.74. The fraction of sp³-hybridized carbons (Fsp3) is 0.290. The largest absolute Gasteiger partial charge is 0.370 e. The molecule has 0 bridgehead atoms. The molecule has 0 atom stereocenters. The van der Waals surface area contributed by atoms with E-state index in [1.165, 1.54) is 18.4 Å². The van der Waals surface area contributed by atoms with Gasteiger partial charge in [0.1, 0.15) is 5.82 Å². The van der Waals surface area contributed by atoms with E-state index >= 15 is 0 Å². The van der Waals surface area contributed by atoms with Gasteiger partial charge in [-0.3, -0.25) is 9.59 Å². The number of anilines is 2. The molecule has 2 heterocycles. The third kappa shape index (κ3) is 6.09. The molecule has 1 aliphatic rings. The first-order valence-electron chi connectivity index (χ1n) is 13.6. The summed E-state index contributed by atoms with van der Waals surface area (Å²) in [5.74, 6) is 1.19. The Morgan fingerprint density at radius 2 is 1.95 bits per heavy atom. The van der Waals surface area contributed by atoms with Gasteiger partial charge in [-0.15, -0.1) is 0 Å². The molecule has 0 aliphatic heterocycles. The number of aromatic nitrogens is 3. The van der Waals surface area contributed by atoms with Crippen molar-refractivity contribution in [2.75, 3.05) is 23.7 Å². The van der Waals surface area contributed by atoms with Crippen LogP contribution in [0.1, 0.15) is 61.4 Å². The van der Waals surface area contributed by atoms with Gasteiger partial charge in [0, 0.05) is 48.1 Å². The van der Waals surface area contributed by atoms with E-state index in [4.69, 9.17) is 4.98 Å². The minimum atomic E-state index is -0.152. The van der Waals surface area contributed by atoms with Crippen LogP contribution in [0.5, 0.6) is 0 Å². The van der Waals surface area contributed by atoms with Crippen LogP contribution < -0.4 is 10.6 Å². The highest BCUT2D eigenvalue weighted by molar-refractivity contribution is 9.10. The lowest BCUT2D eigenvalue weighted by Crippen LogP contribution is -2.31. The molecule has 5 rings (SSSR count). The summed E-state index contributed by atoms with van der Waals surface area (Å²) >= 11 is 3.59. The third-order valence-corrected chi connectivity index (χ3v) is 7.53. The van der Waals surface area contributed by atoms with E-state index in [1.54, 1.807) is 46.8 Å². The number of amides is 2. The van der Waals surface area contributed by atoms with E-state index in [-0.39, 0.29) is 11.8 Å². The number of rotatable bonds is 11. The number of hydrogen-bond acceptors (Lipinski definition) is 5. The van der Waals surface area contributed by atoms with Crippen LogP contribution in [0.25, 0.3) is 16.9 Å². The minimum Gasteiger partial charge on any atom is -0.370 e. The molecule has 0 unspecified atom stereocenters. The molecular formula is C31H33BrN6O2. The molecule has 1 saturated carbocycles. The summed E-state index contributed by atoms with van der Waals surface area (Å²) in [7, 11) is 0. The van der Waals surface area contributed by atoms with Crippen molar-refractivity contribution in [2.45, 2.75) is 45.4 Å². The molecule has 0 spiro atoms. The van der Waals surface area contributed by atoms with E-state index in [0.717, 1.165) is 27.2 Å². The Morgan fingerprint density at radius 3 is 2.70 bits per heavy atom. The number of nitrogens with zero attached hydrogens (tertiary/aromatic N) is 4.